The molecule has 0 unspecified atom stereocenters. The Morgan fingerprint density at radius 1 is 1.24 bits per heavy atom. The highest BCUT2D eigenvalue weighted by atomic mass is 16.6. The third-order valence-electron chi connectivity index (χ3n) is 4.30. The SMILES string of the molecule is CC(C)(C)OC(=O)N1CCC(n2ncc3cc(C(=O)O)ccc32)CC1. The molecule has 134 valence electrons. The Bertz CT molecular complexity index is 798. The van der Waals surface area contributed by atoms with Crippen molar-refractivity contribution in [2.24, 2.45) is 0 Å². The lowest BCUT2D eigenvalue weighted by molar-refractivity contribution is 0.0186. The van der Waals surface area contributed by atoms with Crippen LogP contribution in [-0.4, -0.2) is 50.5 Å². The van der Waals surface area contributed by atoms with Gasteiger partial charge in [0.25, 0.3) is 0 Å². The third-order valence-corrected chi connectivity index (χ3v) is 4.30. The van der Waals surface area contributed by atoms with Crippen LogP contribution in [0.1, 0.15) is 50.0 Å². The van der Waals surface area contributed by atoms with Crippen LogP contribution in [0.4, 0.5) is 4.79 Å². The predicted octanol–water partition coefficient (Wildman–Crippen LogP) is 3.31. The number of carboxylic acids is 1. The molecule has 3 rings (SSSR count). The molecular weight excluding hydrogens is 322 g/mol. The van der Waals surface area contributed by atoms with E-state index in [4.69, 9.17) is 9.84 Å². The zero-order valence-electron chi connectivity index (χ0n) is 14.7. The number of aromatic carboxylic acids is 1. The van der Waals surface area contributed by atoms with Crippen LogP contribution in [0.15, 0.2) is 24.4 Å². The summed E-state index contributed by atoms with van der Waals surface area (Å²) in [4.78, 5) is 25.0. The van der Waals surface area contributed by atoms with Crippen molar-refractivity contribution >= 4 is 23.0 Å². The summed E-state index contributed by atoms with van der Waals surface area (Å²) in [5.41, 5.74) is 0.682. The van der Waals surface area contributed by atoms with Crippen molar-refractivity contribution < 1.29 is 19.4 Å². The highest BCUT2D eigenvalue weighted by Gasteiger charge is 2.28. The molecule has 1 aliphatic heterocycles. The number of likely N-dealkylation sites (tertiary alicyclic amines) is 1. The van der Waals surface area contributed by atoms with E-state index in [1.165, 1.54) is 0 Å². The van der Waals surface area contributed by atoms with E-state index in [0.29, 0.717) is 13.1 Å². The number of nitrogens with zero attached hydrogens (tertiary/aromatic N) is 3. The Morgan fingerprint density at radius 2 is 1.92 bits per heavy atom. The van der Waals surface area contributed by atoms with E-state index in [1.807, 2.05) is 25.5 Å². The quantitative estimate of drug-likeness (QED) is 0.902. The lowest BCUT2D eigenvalue weighted by Crippen LogP contribution is -2.42. The van der Waals surface area contributed by atoms with Gasteiger partial charge in [-0.2, -0.15) is 5.10 Å². The summed E-state index contributed by atoms with van der Waals surface area (Å²) in [7, 11) is 0. The number of aromatic nitrogens is 2. The molecule has 2 heterocycles. The minimum absolute atomic E-state index is 0.187. The smallest absolute Gasteiger partial charge is 0.410 e. The van der Waals surface area contributed by atoms with Crippen molar-refractivity contribution in [2.75, 3.05) is 13.1 Å². The van der Waals surface area contributed by atoms with Gasteiger partial charge in [-0.15, -0.1) is 0 Å². The summed E-state index contributed by atoms with van der Waals surface area (Å²) in [5.74, 6) is -0.944. The maximum absolute atomic E-state index is 12.1. The molecule has 0 bridgehead atoms. The number of carbonyl (C=O) groups is 2. The Balaban J connectivity index is 1.70. The molecule has 0 radical (unpaired) electrons. The number of hydrogen-bond acceptors (Lipinski definition) is 4. The third kappa shape index (κ3) is 3.75. The largest absolute Gasteiger partial charge is 0.478 e. The summed E-state index contributed by atoms with van der Waals surface area (Å²) in [6.45, 7) is 6.82. The maximum Gasteiger partial charge on any atom is 0.410 e. The molecular formula is C18H23N3O4. The van der Waals surface area contributed by atoms with Crippen molar-refractivity contribution in [3.8, 4) is 0 Å². The second-order valence-electron chi connectivity index (χ2n) is 7.37. The Hall–Kier alpha value is -2.57. The number of ether oxygens (including phenoxy) is 1. The van der Waals surface area contributed by atoms with Crippen molar-refractivity contribution in [2.45, 2.75) is 45.3 Å². The van der Waals surface area contributed by atoms with Gasteiger partial charge in [-0.05, 0) is 51.8 Å². The normalized spacial score (nSPS) is 16.2. The molecule has 0 atom stereocenters. The summed E-state index contributed by atoms with van der Waals surface area (Å²) < 4.78 is 7.36. The molecule has 1 aromatic heterocycles. The number of benzene rings is 1. The lowest BCUT2D eigenvalue weighted by atomic mass is 10.0. The summed E-state index contributed by atoms with van der Waals surface area (Å²) in [6, 6.07) is 5.22. The maximum atomic E-state index is 12.1. The highest BCUT2D eigenvalue weighted by Crippen LogP contribution is 2.27. The van der Waals surface area contributed by atoms with Crippen LogP contribution in [0.2, 0.25) is 0 Å². The van der Waals surface area contributed by atoms with Gasteiger partial charge in [0, 0.05) is 18.5 Å². The molecule has 25 heavy (non-hydrogen) atoms. The van der Waals surface area contributed by atoms with E-state index in [9.17, 15) is 9.59 Å². The van der Waals surface area contributed by atoms with E-state index < -0.39 is 11.6 Å². The first-order valence-electron chi connectivity index (χ1n) is 8.43. The van der Waals surface area contributed by atoms with Gasteiger partial charge in [0.15, 0.2) is 0 Å². The first-order valence-corrected chi connectivity index (χ1v) is 8.43. The predicted molar refractivity (Wildman–Crippen MR) is 92.8 cm³/mol. The van der Waals surface area contributed by atoms with E-state index >= 15 is 0 Å². The Labute approximate surface area is 146 Å². The molecule has 1 saturated heterocycles. The molecule has 7 nitrogen and oxygen atoms in total. The second-order valence-corrected chi connectivity index (χ2v) is 7.37. The fourth-order valence-corrected chi connectivity index (χ4v) is 3.10. The minimum atomic E-state index is -0.944. The zero-order chi connectivity index (χ0) is 18.2. The van der Waals surface area contributed by atoms with Crippen molar-refractivity contribution in [3.05, 3.63) is 30.0 Å². The fourth-order valence-electron chi connectivity index (χ4n) is 3.10. The number of fused-ring (bicyclic) bond motifs is 1. The van der Waals surface area contributed by atoms with Gasteiger partial charge in [0.05, 0.1) is 23.3 Å². The van der Waals surface area contributed by atoms with Gasteiger partial charge in [0.1, 0.15) is 5.60 Å². The number of piperidine rings is 1. The molecule has 1 aromatic carbocycles. The van der Waals surface area contributed by atoms with Crippen LogP contribution >= 0.6 is 0 Å². The number of rotatable bonds is 2. The van der Waals surface area contributed by atoms with Gasteiger partial charge in [0.2, 0.25) is 0 Å². The summed E-state index contributed by atoms with van der Waals surface area (Å²) in [6.07, 6.45) is 3.00. The monoisotopic (exact) mass is 345 g/mol. The van der Waals surface area contributed by atoms with Gasteiger partial charge in [-0.25, -0.2) is 9.59 Å². The number of carboxylic acid groups (broad SMARTS) is 1. The zero-order valence-corrected chi connectivity index (χ0v) is 14.7. The topological polar surface area (TPSA) is 84.7 Å². The molecule has 1 N–H and O–H groups in total. The summed E-state index contributed by atoms with van der Waals surface area (Å²) in [5, 5.41) is 14.3. The molecule has 1 aliphatic rings. The number of carbonyl (C=O) groups excluding carboxylic acids is 1. The van der Waals surface area contributed by atoms with Crippen LogP contribution < -0.4 is 0 Å². The van der Waals surface area contributed by atoms with E-state index in [0.717, 1.165) is 23.7 Å². The molecule has 0 spiro atoms. The lowest BCUT2D eigenvalue weighted by Gasteiger charge is -2.33. The molecule has 7 heteroatoms. The first kappa shape index (κ1) is 17.3. The van der Waals surface area contributed by atoms with Crippen LogP contribution in [-0.2, 0) is 4.74 Å². The first-order chi connectivity index (χ1) is 11.7. The Kier molecular flexibility index (Phi) is 4.41. The Morgan fingerprint density at radius 3 is 2.52 bits per heavy atom. The van der Waals surface area contributed by atoms with Gasteiger partial charge >= 0.3 is 12.1 Å². The van der Waals surface area contributed by atoms with E-state index in [2.05, 4.69) is 5.10 Å². The highest BCUT2D eigenvalue weighted by molar-refractivity contribution is 5.93. The summed E-state index contributed by atoms with van der Waals surface area (Å²) >= 11 is 0. The standard InChI is InChI=1S/C18H23N3O4/c1-18(2,3)25-17(24)20-8-6-14(7-9-20)21-15-5-4-12(16(22)23)10-13(15)11-19-21/h4-5,10-11,14H,6-9H2,1-3H3,(H,22,23). The van der Waals surface area contributed by atoms with Crippen LogP contribution in [0.3, 0.4) is 0 Å². The number of hydrogen-bond donors (Lipinski definition) is 1. The second kappa shape index (κ2) is 6.38. The molecule has 0 saturated carbocycles. The molecule has 1 amide bonds. The van der Waals surface area contributed by atoms with Crippen LogP contribution in [0.25, 0.3) is 10.9 Å². The van der Waals surface area contributed by atoms with Crippen molar-refractivity contribution in [1.29, 1.82) is 0 Å². The minimum Gasteiger partial charge on any atom is -0.478 e. The molecule has 1 fully saturated rings. The van der Waals surface area contributed by atoms with E-state index in [-0.39, 0.29) is 17.7 Å². The average molecular weight is 345 g/mol. The molecule has 0 aliphatic carbocycles. The van der Waals surface area contributed by atoms with Crippen LogP contribution in [0, 0.1) is 0 Å². The average Bonchev–Trinajstić information content (AvgIpc) is 2.96. The van der Waals surface area contributed by atoms with Gasteiger partial charge < -0.3 is 14.7 Å². The fraction of sp³-hybridized carbons (Fsp3) is 0.500. The van der Waals surface area contributed by atoms with Crippen molar-refractivity contribution in [3.63, 3.8) is 0 Å². The van der Waals surface area contributed by atoms with Gasteiger partial charge in [-0.1, -0.05) is 0 Å². The van der Waals surface area contributed by atoms with Gasteiger partial charge in [-0.3, -0.25) is 4.68 Å². The molecule has 2 aromatic rings. The van der Waals surface area contributed by atoms with Crippen molar-refractivity contribution in [1.82, 2.24) is 14.7 Å². The van der Waals surface area contributed by atoms with E-state index in [1.54, 1.807) is 29.3 Å². The van der Waals surface area contributed by atoms with Crippen LogP contribution in [0.5, 0.6) is 0 Å². The number of amides is 1.